The number of carbonyl (C=O) groups is 1. The summed E-state index contributed by atoms with van der Waals surface area (Å²) in [5.74, 6) is -0.185. The number of rotatable bonds is 6. The molecule has 0 saturated carbocycles. The van der Waals surface area contributed by atoms with Gasteiger partial charge in [0.25, 0.3) is 5.91 Å². The number of sulfonamides is 1. The van der Waals surface area contributed by atoms with Crippen molar-refractivity contribution in [1.29, 1.82) is 0 Å². The Balaban J connectivity index is 1.65. The fourth-order valence-corrected chi connectivity index (χ4v) is 5.30. The summed E-state index contributed by atoms with van der Waals surface area (Å²) in [4.78, 5) is 12.6. The van der Waals surface area contributed by atoms with Gasteiger partial charge in [0, 0.05) is 18.7 Å². The first-order chi connectivity index (χ1) is 13.3. The van der Waals surface area contributed by atoms with E-state index in [0.29, 0.717) is 24.2 Å². The molecule has 150 valence electrons. The molecule has 1 fully saturated rings. The van der Waals surface area contributed by atoms with Crippen molar-refractivity contribution in [3.8, 4) is 0 Å². The lowest BCUT2D eigenvalue weighted by Gasteiger charge is -2.18. The van der Waals surface area contributed by atoms with E-state index in [9.17, 15) is 13.2 Å². The standard InChI is InChI=1S/C22H28N2O3S/c1-16-6-11-21(17(2)14-16)18(3)23-22(25)20-9-7-19(8-10-20)15-28(26,27)24-12-4-5-13-24/h6-11,14,18H,4-5,12-13,15H2,1-3H3,(H,23,25)/t18-/m1/s1. The van der Waals surface area contributed by atoms with Crippen LogP contribution in [0.5, 0.6) is 0 Å². The van der Waals surface area contributed by atoms with Crippen LogP contribution in [0.3, 0.4) is 0 Å². The van der Waals surface area contributed by atoms with Crippen molar-refractivity contribution in [3.63, 3.8) is 0 Å². The van der Waals surface area contributed by atoms with Gasteiger partial charge in [-0.25, -0.2) is 12.7 Å². The summed E-state index contributed by atoms with van der Waals surface area (Å²) in [6.07, 6.45) is 1.86. The molecule has 28 heavy (non-hydrogen) atoms. The quantitative estimate of drug-likeness (QED) is 0.804. The summed E-state index contributed by atoms with van der Waals surface area (Å²) in [6, 6.07) is 12.9. The van der Waals surface area contributed by atoms with Gasteiger partial charge >= 0.3 is 0 Å². The number of nitrogens with one attached hydrogen (secondary N) is 1. The van der Waals surface area contributed by atoms with Crippen LogP contribution in [-0.4, -0.2) is 31.7 Å². The SMILES string of the molecule is Cc1ccc([C@@H](C)NC(=O)c2ccc(CS(=O)(=O)N3CCCC3)cc2)c(C)c1. The average Bonchev–Trinajstić information content (AvgIpc) is 3.17. The van der Waals surface area contributed by atoms with Crippen LogP contribution in [0.2, 0.25) is 0 Å². The van der Waals surface area contributed by atoms with E-state index in [4.69, 9.17) is 0 Å². The molecule has 0 radical (unpaired) electrons. The predicted molar refractivity (Wildman–Crippen MR) is 112 cm³/mol. The highest BCUT2D eigenvalue weighted by Crippen LogP contribution is 2.20. The molecule has 1 atom stereocenters. The molecule has 0 aromatic heterocycles. The topological polar surface area (TPSA) is 66.5 Å². The van der Waals surface area contributed by atoms with Crippen molar-refractivity contribution in [2.45, 2.75) is 45.4 Å². The van der Waals surface area contributed by atoms with Gasteiger partial charge in [0.15, 0.2) is 0 Å². The third kappa shape index (κ3) is 4.80. The highest BCUT2D eigenvalue weighted by atomic mass is 32.2. The Morgan fingerprint density at radius 1 is 1.07 bits per heavy atom. The van der Waals surface area contributed by atoms with E-state index in [0.717, 1.165) is 24.0 Å². The van der Waals surface area contributed by atoms with Crippen LogP contribution < -0.4 is 5.32 Å². The summed E-state index contributed by atoms with van der Waals surface area (Å²) < 4.78 is 26.4. The lowest BCUT2D eigenvalue weighted by atomic mass is 10.00. The van der Waals surface area contributed by atoms with Gasteiger partial charge in [0.05, 0.1) is 11.8 Å². The van der Waals surface area contributed by atoms with Crippen LogP contribution in [-0.2, 0) is 15.8 Å². The summed E-state index contributed by atoms with van der Waals surface area (Å²) in [7, 11) is -3.28. The Morgan fingerprint density at radius 3 is 2.32 bits per heavy atom. The molecule has 5 nitrogen and oxygen atoms in total. The van der Waals surface area contributed by atoms with Crippen LogP contribution >= 0.6 is 0 Å². The monoisotopic (exact) mass is 400 g/mol. The summed E-state index contributed by atoms with van der Waals surface area (Å²) in [5.41, 5.74) is 4.66. The second kappa shape index (κ2) is 8.45. The van der Waals surface area contributed by atoms with Crippen molar-refractivity contribution in [3.05, 3.63) is 70.3 Å². The maximum Gasteiger partial charge on any atom is 0.251 e. The number of nitrogens with zero attached hydrogens (tertiary/aromatic N) is 1. The zero-order valence-electron chi connectivity index (χ0n) is 16.7. The van der Waals surface area contributed by atoms with E-state index >= 15 is 0 Å². The fraction of sp³-hybridized carbons (Fsp3) is 0.409. The zero-order chi connectivity index (χ0) is 20.3. The minimum atomic E-state index is -3.28. The van der Waals surface area contributed by atoms with Crippen LogP contribution in [0.15, 0.2) is 42.5 Å². The Kier molecular flexibility index (Phi) is 6.20. The van der Waals surface area contributed by atoms with Crippen molar-refractivity contribution < 1.29 is 13.2 Å². The molecule has 2 aromatic carbocycles. The number of amides is 1. The van der Waals surface area contributed by atoms with E-state index in [1.165, 1.54) is 5.56 Å². The van der Waals surface area contributed by atoms with Crippen molar-refractivity contribution in [1.82, 2.24) is 9.62 Å². The molecule has 0 aliphatic carbocycles. The van der Waals surface area contributed by atoms with Gasteiger partial charge in [-0.3, -0.25) is 4.79 Å². The molecule has 1 amide bonds. The lowest BCUT2D eigenvalue weighted by molar-refractivity contribution is 0.0940. The Morgan fingerprint density at radius 2 is 1.71 bits per heavy atom. The molecule has 6 heteroatoms. The van der Waals surface area contributed by atoms with E-state index in [1.54, 1.807) is 28.6 Å². The molecule has 0 bridgehead atoms. The van der Waals surface area contributed by atoms with Gasteiger partial charge in [-0.15, -0.1) is 0 Å². The molecule has 2 aromatic rings. The van der Waals surface area contributed by atoms with Gasteiger partial charge in [-0.1, -0.05) is 35.9 Å². The Bertz CT molecular complexity index is 946. The van der Waals surface area contributed by atoms with Crippen LogP contribution in [0.1, 0.15) is 58.4 Å². The minimum Gasteiger partial charge on any atom is -0.346 e. The number of carbonyl (C=O) groups excluding carboxylic acids is 1. The second-order valence-electron chi connectivity index (χ2n) is 7.61. The number of aryl methyl sites for hydroxylation is 2. The normalized spacial score (nSPS) is 16.1. The molecule has 1 heterocycles. The molecule has 0 spiro atoms. The molecule has 0 unspecified atom stereocenters. The molecule has 1 N–H and O–H groups in total. The number of benzene rings is 2. The molecular weight excluding hydrogens is 372 g/mol. The van der Waals surface area contributed by atoms with Gasteiger partial charge in [0.1, 0.15) is 0 Å². The highest BCUT2D eigenvalue weighted by molar-refractivity contribution is 7.88. The first-order valence-corrected chi connectivity index (χ1v) is 11.3. The van der Waals surface area contributed by atoms with Crippen molar-refractivity contribution in [2.24, 2.45) is 0 Å². The Hall–Kier alpha value is -2.18. The summed E-state index contributed by atoms with van der Waals surface area (Å²) >= 11 is 0. The first kappa shape index (κ1) is 20.6. The van der Waals surface area contributed by atoms with Gasteiger partial charge in [-0.05, 0) is 62.4 Å². The third-order valence-corrected chi connectivity index (χ3v) is 7.11. The maximum absolute atomic E-state index is 12.6. The average molecular weight is 401 g/mol. The smallest absolute Gasteiger partial charge is 0.251 e. The maximum atomic E-state index is 12.6. The number of hydrogen-bond donors (Lipinski definition) is 1. The predicted octanol–water partition coefficient (Wildman–Crippen LogP) is 3.72. The third-order valence-electron chi connectivity index (χ3n) is 5.26. The number of hydrogen-bond acceptors (Lipinski definition) is 3. The largest absolute Gasteiger partial charge is 0.346 e. The van der Waals surface area contributed by atoms with Crippen LogP contribution in [0, 0.1) is 13.8 Å². The van der Waals surface area contributed by atoms with Crippen molar-refractivity contribution in [2.75, 3.05) is 13.1 Å². The van der Waals surface area contributed by atoms with E-state index < -0.39 is 10.0 Å². The molecule has 1 aliphatic rings. The second-order valence-corrected chi connectivity index (χ2v) is 9.58. The Labute approximate surface area is 167 Å². The minimum absolute atomic E-state index is 0.0200. The van der Waals surface area contributed by atoms with E-state index in [2.05, 4.69) is 11.4 Å². The summed E-state index contributed by atoms with van der Waals surface area (Å²) in [6.45, 7) is 7.27. The van der Waals surface area contributed by atoms with Crippen LogP contribution in [0.25, 0.3) is 0 Å². The van der Waals surface area contributed by atoms with Gasteiger partial charge < -0.3 is 5.32 Å². The molecule has 1 saturated heterocycles. The molecular formula is C22H28N2O3S. The lowest BCUT2D eigenvalue weighted by Crippen LogP contribution is -2.29. The van der Waals surface area contributed by atoms with Gasteiger partial charge in [-0.2, -0.15) is 0 Å². The van der Waals surface area contributed by atoms with Gasteiger partial charge in [0.2, 0.25) is 10.0 Å². The van der Waals surface area contributed by atoms with Crippen molar-refractivity contribution >= 4 is 15.9 Å². The van der Waals surface area contributed by atoms with Crippen LogP contribution in [0.4, 0.5) is 0 Å². The van der Waals surface area contributed by atoms with E-state index in [1.807, 2.05) is 32.9 Å². The van der Waals surface area contributed by atoms with E-state index in [-0.39, 0.29) is 17.7 Å². The molecule has 1 aliphatic heterocycles. The summed E-state index contributed by atoms with van der Waals surface area (Å²) in [5, 5.41) is 3.02. The highest BCUT2D eigenvalue weighted by Gasteiger charge is 2.25. The first-order valence-electron chi connectivity index (χ1n) is 9.71. The zero-order valence-corrected chi connectivity index (χ0v) is 17.6. The molecule has 3 rings (SSSR count). The fourth-order valence-electron chi connectivity index (χ4n) is 3.69.